The van der Waals surface area contributed by atoms with E-state index in [2.05, 4.69) is 11.4 Å². The van der Waals surface area contributed by atoms with Gasteiger partial charge in [-0.05, 0) is 37.3 Å². The van der Waals surface area contributed by atoms with Gasteiger partial charge in [-0.1, -0.05) is 30.4 Å². The topological polar surface area (TPSA) is 63.2 Å². The Bertz CT molecular complexity index is 679. The number of rotatable bonds is 2. The minimum Gasteiger partial charge on any atom is -0.349 e. The molecule has 5 heteroatoms. The zero-order chi connectivity index (χ0) is 14.9. The number of sulfone groups is 1. The third-order valence-corrected chi connectivity index (χ3v) is 6.08. The summed E-state index contributed by atoms with van der Waals surface area (Å²) in [5, 5.41) is 3.05. The molecular weight excluding hydrogens is 286 g/mol. The SMILES string of the molecule is O=C(N[C@H]1CCS(=O)(=O)c2ccccc21)[C@@H]1CC=CCC1. The molecule has 0 saturated carbocycles. The fourth-order valence-electron chi connectivity index (χ4n) is 3.06. The van der Waals surface area contributed by atoms with E-state index in [9.17, 15) is 13.2 Å². The number of carbonyl (C=O) groups excluding carboxylic acids is 1. The fraction of sp³-hybridized carbons (Fsp3) is 0.438. The lowest BCUT2D eigenvalue weighted by Crippen LogP contribution is -2.37. The van der Waals surface area contributed by atoms with Gasteiger partial charge in [0.15, 0.2) is 9.84 Å². The molecule has 1 aliphatic carbocycles. The molecule has 0 bridgehead atoms. The van der Waals surface area contributed by atoms with Crippen molar-refractivity contribution in [3.8, 4) is 0 Å². The highest BCUT2D eigenvalue weighted by molar-refractivity contribution is 7.91. The van der Waals surface area contributed by atoms with Crippen LogP contribution in [0.2, 0.25) is 0 Å². The van der Waals surface area contributed by atoms with E-state index in [4.69, 9.17) is 0 Å². The third-order valence-electron chi connectivity index (χ3n) is 4.26. The molecule has 2 aliphatic rings. The Hall–Kier alpha value is -1.62. The van der Waals surface area contributed by atoms with Crippen LogP contribution in [0.15, 0.2) is 41.3 Å². The molecule has 112 valence electrons. The van der Waals surface area contributed by atoms with Crippen molar-refractivity contribution in [3.05, 3.63) is 42.0 Å². The Morgan fingerprint density at radius 3 is 2.71 bits per heavy atom. The minimum atomic E-state index is -3.20. The van der Waals surface area contributed by atoms with Crippen molar-refractivity contribution in [1.29, 1.82) is 0 Å². The maximum absolute atomic E-state index is 12.3. The lowest BCUT2D eigenvalue weighted by atomic mass is 9.92. The molecule has 0 radical (unpaired) electrons. The van der Waals surface area contributed by atoms with Crippen LogP contribution in [0.1, 0.15) is 37.3 Å². The van der Waals surface area contributed by atoms with Gasteiger partial charge in [-0.15, -0.1) is 0 Å². The third kappa shape index (κ3) is 2.88. The van der Waals surface area contributed by atoms with Gasteiger partial charge in [-0.2, -0.15) is 0 Å². The van der Waals surface area contributed by atoms with Crippen molar-refractivity contribution >= 4 is 15.7 Å². The highest BCUT2D eigenvalue weighted by Gasteiger charge is 2.32. The summed E-state index contributed by atoms with van der Waals surface area (Å²) >= 11 is 0. The normalized spacial score (nSPS) is 26.9. The summed E-state index contributed by atoms with van der Waals surface area (Å²) in [5.41, 5.74) is 0.725. The van der Waals surface area contributed by atoms with Crippen LogP contribution >= 0.6 is 0 Å². The van der Waals surface area contributed by atoms with Crippen molar-refractivity contribution in [3.63, 3.8) is 0 Å². The van der Waals surface area contributed by atoms with Crippen LogP contribution in [-0.4, -0.2) is 20.1 Å². The lowest BCUT2D eigenvalue weighted by molar-refractivity contribution is -0.126. The van der Waals surface area contributed by atoms with E-state index >= 15 is 0 Å². The highest BCUT2D eigenvalue weighted by Crippen LogP contribution is 2.32. The average molecular weight is 305 g/mol. The number of fused-ring (bicyclic) bond motifs is 1. The first-order valence-corrected chi connectivity index (χ1v) is 9.00. The van der Waals surface area contributed by atoms with Crippen molar-refractivity contribution in [2.24, 2.45) is 5.92 Å². The number of benzene rings is 1. The Kier molecular flexibility index (Phi) is 3.85. The van der Waals surface area contributed by atoms with Crippen molar-refractivity contribution < 1.29 is 13.2 Å². The Labute approximate surface area is 125 Å². The zero-order valence-corrected chi connectivity index (χ0v) is 12.6. The predicted octanol–water partition coefficient (Wildman–Crippen LogP) is 2.38. The number of hydrogen-bond acceptors (Lipinski definition) is 3. The van der Waals surface area contributed by atoms with Crippen LogP contribution < -0.4 is 5.32 Å². The van der Waals surface area contributed by atoms with Gasteiger partial charge in [-0.25, -0.2) is 8.42 Å². The standard InChI is InChI=1S/C16H19NO3S/c18-16(12-6-2-1-3-7-12)17-14-10-11-21(19,20)15-9-5-4-8-13(14)15/h1-2,4-5,8-9,12,14H,3,6-7,10-11H2,(H,17,18)/t12-,14+/m1/s1. The van der Waals surface area contributed by atoms with Crippen LogP contribution in [0.4, 0.5) is 0 Å². The summed E-state index contributed by atoms with van der Waals surface area (Å²) in [6.45, 7) is 0. The minimum absolute atomic E-state index is 0.0145. The Balaban J connectivity index is 1.81. The summed E-state index contributed by atoms with van der Waals surface area (Å²) in [6.07, 6.45) is 7.19. The maximum Gasteiger partial charge on any atom is 0.223 e. The maximum atomic E-state index is 12.3. The number of amides is 1. The van der Waals surface area contributed by atoms with Crippen LogP contribution in [0.25, 0.3) is 0 Å². The molecule has 0 aromatic heterocycles. The van der Waals surface area contributed by atoms with Crippen molar-refractivity contribution in [2.75, 3.05) is 5.75 Å². The highest BCUT2D eigenvalue weighted by atomic mass is 32.2. The summed E-state index contributed by atoms with van der Waals surface area (Å²) < 4.78 is 24.2. The van der Waals surface area contributed by atoms with E-state index in [1.807, 2.05) is 12.1 Å². The molecule has 0 fully saturated rings. The molecular formula is C16H19NO3S. The van der Waals surface area contributed by atoms with E-state index in [0.717, 1.165) is 24.8 Å². The second-order valence-corrected chi connectivity index (χ2v) is 7.77. The van der Waals surface area contributed by atoms with E-state index in [0.29, 0.717) is 11.3 Å². The smallest absolute Gasteiger partial charge is 0.223 e. The first-order valence-electron chi connectivity index (χ1n) is 7.35. The van der Waals surface area contributed by atoms with Gasteiger partial charge in [0.1, 0.15) is 0 Å². The van der Waals surface area contributed by atoms with Crippen LogP contribution in [0.3, 0.4) is 0 Å². The lowest BCUT2D eigenvalue weighted by Gasteiger charge is -2.28. The van der Waals surface area contributed by atoms with E-state index in [-0.39, 0.29) is 23.6 Å². The molecule has 4 nitrogen and oxygen atoms in total. The first-order chi connectivity index (χ1) is 10.1. The number of nitrogens with one attached hydrogen (secondary N) is 1. The van der Waals surface area contributed by atoms with Crippen LogP contribution in [0.5, 0.6) is 0 Å². The number of hydrogen-bond donors (Lipinski definition) is 1. The van der Waals surface area contributed by atoms with Crippen LogP contribution in [-0.2, 0) is 14.6 Å². The van der Waals surface area contributed by atoms with Gasteiger partial charge in [0, 0.05) is 5.92 Å². The Morgan fingerprint density at radius 2 is 1.95 bits per heavy atom. The number of allylic oxidation sites excluding steroid dienone is 2. The van der Waals surface area contributed by atoms with Crippen molar-refractivity contribution in [2.45, 2.75) is 36.6 Å². The number of carbonyl (C=O) groups is 1. The average Bonchev–Trinajstić information content (AvgIpc) is 2.51. The molecule has 1 N–H and O–H groups in total. The summed E-state index contributed by atoms with van der Waals surface area (Å²) in [7, 11) is -3.20. The van der Waals surface area contributed by atoms with Gasteiger partial charge in [0.05, 0.1) is 16.7 Å². The van der Waals surface area contributed by atoms with E-state index in [1.165, 1.54) is 0 Å². The molecule has 1 aliphatic heterocycles. The molecule has 1 amide bonds. The van der Waals surface area contributed by atoms with Gasteiger partial charge >= 0.3 is 0 Å². The van der Waals surface area contributed by atoms with Gasteiger partial charge in [0.2, 0.25) is 5.91 Å². The second-order valence-electron chi connectivity index (χ2n) is 5.69. The second kappa shape index (κ2) is 5.64. The van der Waals surface area contributed by atoms with Crippen LogP contribution in [0, 0.1) is 5.92 Å². The van der Waals surface area contributed by atoms with Crippen molar-refractivity contribution in [1.82, 2.24) is 5.32 Å². The first kappa shape index (κ1) is 14.3. The molecule has 21 heavy (non-hydrogen) atoms. The zero-order valence-electron chi connectivity index (χ0n) is 11.8. The predicted molar refractivity (Wildman–Crippen MR) is 80.5 cm³/mol. The summed E-state index contributed by atoms with van der Waals surface area (Å²) in [4.78, 5) is 12.7. The molecule has 1 aromatic rings. The molecule has 1 heterocycles. The monoisotopic (exact) mass is 305 g/mol. The molecule has 3 rings (SSSR count). The van der Waals surface area contributed by atoms with E-state index < -0.39 is 9.84 Å². The van der Waals surface area contributed by atoms with Gasteiger partial charge in [0.25, 0.3) is 0 Å². The Morgan fingerprint density at radius 1 is 1.14 bits per heavy atom. The van der Waals surface area contributed by atoms with Gasteiger partial charge in [-0.3, -0.25) is 4.79 Å². The summed E-state index contributed by atoms with van der Waals surface area (Å²) in [6, 6.07) is 6.79. The largest absolute Gasteiger partial charge is 0.349 e. The molecule has 0 spiro atoms. The molecule has 2 atom stereocenters. The quantitative estimate of drug-likeness (QED) is 0.853. The van der Waals surface area contributed by atoms with E-state index in [1.54, 1.807) is 18.2 Å². The molecule has 1 aromatic carbocycles. The molecule has 0 saturated heterocycles. The summed E-state index contributed by atoms with van der Waals surface area (Å²) in [5.74, 6) is 0.152. The fourth-order valence-corrected chi connectivity index (χ4v) is 4.68. The van der Waals surface area contributed by atoms with Gasteiger partial charge < -0.3 is 5.32 Å². The molecule has 0 unspecified atom stereocenters.